The molecule has 0 radical (unpaired) electrons. The van der Waals surface area contributed by atoms with Gasteiger partial charge in [0.1, 0.15) is 0 Å². The number of nitrogens with zero attached hydrogens (tertiary/aromatic N) is 1. The molecule has 0 bridgehead atoms. The lowest BCUT2D eigenvalue weighted by atomic mass is 10.1. The molecule has 2 atom stereocenters. The minimum atomic E-state index is -0.418. The fraction of sp³-hybridized carbons (Fsp3) is 0.500. The van der Waals surface area contributed by atoms with Crippen molar-refractivity contribution in [3.8, 4) is 0 Å². The van der Waals surface area contributed by atoms with Crippen LogP contribution in [0.2, 0.25) is 0 Å². The molecule has 1 aromatic carbocycles. The van der Waals surface area contributed by atoms with Crippen molar-refractivity contribution in [1.82, 2.24) is 5.06 Å². The molecular formula is C14H20N2O2. The van der Waals surface area contributed by atoms with Gasteiger partial charge in [-0.15, -0.1) is 0 Å². The van der Waals surface area contributed by atoms with E-state index >= 15 is 0 Å². The summed E-state index contributed by atoms with van der Waals surface area (Å²) < 4.78 is 0. The molecular weight excluding hydrogens is 228 g/mol. The molecule has 1 aliphatic carbocycles. The minimum absolute atomic E-state index is 0.116. The molecule has 4 nitrogen and oxygen atoms in total. The van der Waals surface area contributed by atoms with Crippen molar-refractivity contribution in [2.45, 2.75) is 44.9 Å². The Bertz CT molecular complexity index is 440. The van der Waals surface area contributed by atoms with E-state index in [-0.39, 0.29) is 12.1 Å². The number of hydrogen-bond acceptors (Lipinski definition) is 3. The zero-order valence-corrected chi connectivity index (χ0v) is 11.1. The van der Waals surface area contributed by atoms with E-state index in [1.54, 1.807) is 0 Å². The number of carbonyl (C=O) groups is 1. The van der Waals surface area contributed by atoms with Crippen LogP contribution in [0.1, 0.15) is 37.9 Å². The van der Waals surface area contributed by atoms with E-state index in [0.717, 1.165) is 18.4 Å². The Labute approximate surface area is 108 Å². The summed E-state index contributed by atoms with van der Waals surface area (Å²) in [5, 5.41) is 1.36. The summed E-state index contributed by atoms with van der Waals surface area (Å²) in [5.41, 5.74) is 8.00. The second-order valence-corrected chi connectivity index (χ2v) is 5.68. The number of hydroxylamine groups is 2. The van der Waals surface area contributed by atoms with Gasteiger partial charge in [0.25, 0.3) is 0 Å². The van der Waals surface area contributed by atoms with Gasteiger partial charge in [-0.1, -0.05) is 24.3 Å². The van der Waals surface area contributed by atoms with Gasteiger partial charge in [0.2, 0.25) is 6.41 Å². The fourth-order valence-corrected chi connectivity index (χ4v) is 2.39. The predicted octanol–water partition coefficient (Wildman–Crippen LogP) is 1.80. The Kier molecular flexibility index (Phi) is 3.41. The Morgan fingerprint density at radius 3 is 2.67 bits per heavy atom. The summed E-state index contributed by atoms with van der Waals surface area (Å²) in [6, 6.07) is 7.70. The molecule has 4 heteroatoms. The average molecular weight is 248 g/mol. The Balaban J connectivity index is 2.29. The maximum Gasteiger partial charge on any atom is 0.234 e. The van der Waals surface area contributed by atoms with Gasteiger partial charge in [-0.2, -0.15) is 0 Å². The Hall–Kier alpha value is -1.39. The van der Waals surface area contributed by atoms with E-state index in [1.165, 1.54) is 10.6 Å². The molecule has 0 saturated carbocycles. The number of hydrogen-bond donors (Lipinski definition) is 1. The number of carbonyl (C=O) groups excluding carboxylic acids is 1. The highest BCUT2D eigenvalue weighted by Crippen LogP contribution is 2.35. The highest BCUT2D eigenvalue weighted by Gasteiger charge is 2.36. The zero-order chi connectivity index (χ0) is 13.3. The molecule has 1 aromatic rings. The molecule has 1 amide bonds. The quantitative estimate of drug-likeness (QED) is 0.655. The van der Waals surface area contributed by atoms with Crippen LogP contribution >= 0.6 is 0 Å². The molecule has 2 N–H and O–H groups in total. The van der Waals surface area contributed by atoms with Crippen molar-refractivity contribution < 1.29 is 9.63 Å². The maximum atomic E-state index is 11.3. The van der Waals surface area contributed by atoms with Gasteiger partial charge in [0, 0.05) is 6.04 Å². The normalized spacial score (nSPS) is 22.7. The standard InChI is InChI=1S/C14H20N2O2/c1-14(2,3)18-16(9-17)13-11-7-5-4-6-10(11)8-12(13)15/h4-7,9,12-13H,8,15H2,1-3H3/t12-,13-/m1/s1. The summed E-state index contributed by atoms with van der Waals surface area (Å²) in [7, 11) is 0. The second kappa shape index (κ2) is 4.71. The molecule has 0 aliphatic heterocycles. The third kappa shape index (κ3) is 2.54. The van der Waals surface area contributed by atoms with Gasteiger partial charge in [-0.3, -0.25) is 9.63 Å². The van der Waals surface area contributed by atoms with E-state index in [0.29, 0.717) is 0 Å². The number of fused-ring (bicyclic) bond motifs is 1. The highest BCUT2D eigenvalue weighted by molar-refractivity contribution is 5.50. The van der Waals surface area contributed by atoms with Gasteiger partial charge in [-0.25, -0.2) is 5.06 Å². The minimum Gasteiger partial charge on any atom is -0.325 e. The van der Waals surface area contributed by atoms with Crippen molar-refractivity contribution in [1.29, 1.82) is 0 Å². The van der Waals surface area contributed by atoms with Crippen LogP contribution in [0.25, 0.3) is 0 Å². The van der Waals surface area contributed by atoms with Crippen LogP contribution in [0, 0.1) is 0 Å². The van der Waals surface area contributed by atoms with Crippen LogP contribution in [0.5, 0.6) is 0 Å². The van der Waals surface area contributed by atoms with Gasteiger partial charge in [-0.05, 0) is 38.3 Å². The van der Waals surface area contributed by atoms with Crippen molar-refractivity contribution in [2.24, 2.45) is 5.73 Å². The monoisotopic (exact) mass is 248 g/mol. The first-order chi connectivity index (χ1) is 8.42. The van der Waals surface area contributed by atoms with Crippen LogP contribution < -0.4 is 5.73 Å². The molecule has 0 fully saturated rings. The summed E-state index contributed by atoms with van der Waals surface area (Å²) in [4.78, 5) is 17.0. The molecule has 0 heterocycles. The average Bonchev–Trinajstić information content (AvgIpc) is 2.61. The van der Waals surface area contributed by atoms with E-state index in [1.807, 2.05) is 39.0 Å². The third-order valence-corrected chi connectivity index (χ3v) is 2.99. The maximum absolute atomic E-state index is 11.3. The van der Waals surface area contributed by atoms with Gasteiger partial charge < -0.3 is 5.73 Å². The lowest BCUT2D eigenvalue weighted by Crippen LogP contribution is -2.42. The summed E-state index contributed by atoms with van der Waals surface area (Å²) in [5.74, 6) is 0. The zero-order valence-electron chi connectivity index (χ0n) is 11.1. The lowest BCUT2D eigenvalue weighted by molar-refractivity contribution is -0.235. The van der Waals surface area contributed by atoms with Gasteiger partial charge in [0.05, 0.1) is 11.6 Å². The van der Waals surface area contributed by atoms with Crippen molar-refractivity contribution in [2.75, 3.05) is 0 Å². The topological polar surface area (TPSA) is 55.6 Å². The van der Waals surface area contributed by atoms with E-state index in [9.17, 15) is 4.79 Å². The third-order valence-electron chi connectivity index (χ3n) is 2.99. The van der Waals surface area contributed by atoms with Crippen LogP contribution in [-0.2, 0) is 16.1 Å². The summed E-state index contributed by atoms with van der Waals surface area (Å²) in [6.07, 6.45) is 1.50. The molecule has 0 spiro atoms. The van der Waals surface area contributed by atoms with Crippen molar-refractivity contribution >= 4 is 6.41 Å². The van der Waals surface area contributed by atoms with Crippen LogP contribution in [0.15, 0.2) is 24.3 Å². The number of rotatable bonds is 3. The molecule has 2 rings (SSSR count). The number of benzene rings is 1. The fourth-order valence-electron chi connectivity index (χ4n) is 2.39. The molecule has 1 aliphatic rings. The van der Waals surface area contributed by atoms with Gasteiger partial charge in [0.15, 0.2) is 0 Å². The van der Waals surface area contributed by atoms with Crippen molar-refractivity contribution in [3.63, 3.8) is 0 Å². The smallest absolute Gasteiger partial charge is 0.234 e. The number of nitrogens with two attached hydrogens (primary N) is 1. The Morgan fingerprint density at radius 1 is 1.39 bits per heavy atom. The van der Waals surface area contributed by atoms with E-state index in [2.05, 4.69) is 6.07 Å². The molecule has 0 unspecified atom stereocenters. The second-order valence-electron chi connectivity index (χ2n) is 5.68. The van der Waals surface area contributed by atoms with Crippen LogP contribution in [0.4, 0.5) is 0 Å². The molecule has 0 saturated heterocycles. The lowest BCUT2D eigenvalue weighted by Gasteiger charge is -2.33. The predicted molar refractivity (Wildman–Crippen MR) is 69.6 cm³/mol. The summed E-state index contributed by atoms with van der Waals surface area (Å²) in [6.45, 7) is 5.74. The highest BCUT2D eigenvalue weighted by atomic mass is 16.7. The van der Waals surface area contributed by atoms with Crippen LogP contribution in [0.3, 0.4) is 0 Å². The first kappa shape index (κ1) is 13.1. The first-order valence-corrected chi connectivity index (χ1v) is 6.18. The number of amides is 1. The molecule has 98 valence electrons. The molecule has 18 heavy (non-hydrogen) atoms. The van der Waals surface area contributed by atoms with E-state index < -0.39 is 5.60 Å². The van der Waals surface area contributed by atoms with Crippen LogP contribution in [-0.4, -0.2) is 23.1 Å². The SMILES string of the molecule is CC(C)(C)ON(C=O)[C@@H]1c2ccccc2C[C@H]1N. The Morgan fingerprint density at radius 2 is 2.06 bits per heavy atom. The molecule has 0 aromatic heterocycles. The summed E-state index contributed by atoms with van der Waals surface area (Å²) >= 11 is 0. The van der Waals surface area contributed by atoms with E-state index in [4.69, 9.17) is 10.6 Å². The largest absolute Gasteiger partial charge is 0.325 e. The van der Waals surface area contributed by atoms with Crippen molar-refractivity contribution in [3.05, 3.63) is 35.4 Å². The van der Waals surface area contributed by atoms with Gasteiger partial charge >= 0.3 is 0 Å². The first-order valence-electron chi connectivity index (χ1n) is 6.18.